The molecule has 1 aromatic rings. The molecule has 0 aliphatic heterocycles. The minimum absolute atomic E-state index is 0.109. The molecule has 2 nitrogen and oxygen atoms in total. The molecule has 1 rings (SSSR count). The molecule has 0 radical (unpaired) electrons. The van der Waals surface area contributed by atoms with Gasteiger partial charge in [-0.15, -0.1) is 0 Å². The van der Waals surface area contributed by atoms with Crippen LogP contribution in [0.2, 0.25) is 0 Å². The quantitative estimate of drug-likeness (QED) is 0.868. The van der Waals surface area contributed by atoms with E-state index in [1.54, 1.807) is 24.3 Å². The number of hydrogen-bond acceptors (Lipinski definition) is 2. The summed E-state index contributed by atoms with van der Waals surface area (Å²) >= 11 is 0. The van der Waals surface area contributed by atoms with Crippen molar-refractivity contribution in [3.05, 3.63) is 29.8 Å². The van der Waals surface area contributed by atoms with Crippen molar-refractivity contribution in [2.75, 3.05) is 18.5 Å². The molecule has 0 spiro atoms. The van der Waals surface area contributed by atoms with Crippen LogP contribution < -0.4 is 10.6 Å². The van der Waals surface area contributed by atoms with Gasteiger partial charge in [-0.3, -0.25) is 0 Å². The van der Waals surface area contributed by atoms with Crippen LogP contribution in [0, 0.1) is 0 Å². The number of nitrogens with two attached hydrogens (primary N) is 1. The van der Waals surface area contributed by atoms with Crippen molar-refractivity contribution >= 4 is 5.69 Å². The Kier molecular flexibility index (Phi) is 3.80. The molecule has 0 fully saturated rings. The Bertz CT molecular complexity index is 330. The van der Waals surface area contributed by atoms with Gasteiger partial charge in [0.25, 0.3) is 0 Å². The van der Waals surface area contributed by atoms with Crippen LogP contribution in [-0.4, -0.2) is 19.8 Å². The Morgan fingerprint density at radius 1 is 1.25 bits per heavy atom. The highest BCUT2D eigenvalue weighted by molar-refractivity contribution is 5.47. The van der Waals surface area contributed by atoms with Gasteiger partial charge in [0.2, 0.25) is 0 Å². The van der Waals surface area contributed by atoms with E-state index < -0.39 is 12.7 Å². The number of hydrogen-bond donors (Lipinski definition) is 1. The van der Waals surface area contributed by atoms with E-state index in [0.29, 0.717) is 5.69 Å². The summed E-state index contributed by atoms with van der Waals surface area (Å²) in [5, 5.41) is 0. The molecule has 0 saturated carbocycles. The summed E-state index contributed by atoms with van der Waals surface area (Å²) < 4.78 is 36.4. The lowest BCUT2D eigenvalue weighted by Gasteiger charge is -2.21. The fourth-order valence-electron chi connectivity index (χ4n) is 1.39. The van der Waals surface area contributed by atoms with E-state index in [1.807, 2.05) is 6.92 Å². The van der Waals surface area contributed by atoms with Gasteiger partial charge < -0.3 is 10.6 Å². The topological polar surface area (TPSA) is 29.3 Å². The molecular weight excluding hydrogens is 217 g/mol. The van der Waals surface area contributed by atoms with Gasteiger partial charge in [-0.05, 0) is 24.6 Å². The van der Waals surface area contributed by atoms with Crippen molar-refractivity contribution in [3.8, 4) is 0 Å². The maximum Gasteiger partial charge on any atom is 0.405 e. The zero-order valence-corrected chi connectivity index (χ0v) is 9.25. The molecule has 1 atom stereocenters. The SMILES string of the molecule is CC(N)c1ccc(N(C)CC(F)(F)F)cc1. The second kappa shape index (κ2) is 4.74. The first-order valence-corrected chi connectivity index (χ1v) is 4.93. The van der Waals surface area contributed by atoms with Crippen LogP contribution in [0.3, 0.4) is 0 Å². The summed E-state index contributed by atoms with van der Waals surface area (Å²) in [6.07, 6.45) is -4.19. The molecule has 90 valence electrons. The summed E-state index contributed by atoms with van der Waals surface area (Å²) in [5.74, 6) is 0. The summed E-state index contributed by atoms with van der Waals surface area (Å²) in [5.41, 5.74) is 7.08. The van der Waals surface area contributed by atoms with Gasteiger partial charge in [-0.2, -0.15) is 13.2 Å². The van der Waals surface area contributed by atoms with Gasteiger partial charge in [0.05, 0.1) is 0 Å². The standard InChI is InChI=1S/C11H15F3N2/c1-8(15)9-3-5-10(6-4-9)16(2)7-11(12,13)14/h3-6,8H,7,15H2,1-2H3. The van der Waals surface area contributed by atoms with E-state index in [1.165, 1.54) is 7.05 Å². The molecule has 0 heterocycles. The van der Waals surface area contributed by atoms with Gasteiger partial charge in [0.15, 0.2) is 0 Å². The molecule has 2 N–H and O–H groups in total. The molecule has 0 amide bonds. The molecule has 16 heavy (non-hydrogen) atoms. The maximum atomic E-state index is 12.1. The Balaban J connectivity index is 2.74. The average molecular weight is 232 g/mol. The van der Waals surface area contributed by atoms with Gasteiger partial charge in [0.1, 0.15) is 6.54 Å². The van der Waals surface area contributed by atoms with Crippen LogP contribution >= 0.6 is 0 Å². The Hall–Kier alpha value is -1.23. The normalized spacial score (nSPS) is 13.6. The molecule has 0 aliphatic carbocycles. The lowest BCUT2D eigenvalue weighted by Crippen LogP contribution is -2.30. The Morgan fingerprint density at radius 2 is 1.75 bits per heavy atom. The number of halogens is 3. The van der Waals surface area contributed by atoms with Crippen molar-refractivity contribution in [2.24, 2.45) is 5.73 Å². The van der Waals surface area contributed by atoms with E-state index in [0.717, 1.165) is 10.5 Å². The molecule has 0 bridgehead atoms. The fourth-order valence-corrected chi connectivity index (χ4v) is 1.39. The molecule has 0 aromatic heterocycles. The molecule has 1 unspecified atom stereocenters. The average Bonchev–Trinajstić information content (AvgIpc) is 2.15. The molecule has 5 heteroatoms. The van der Waals surface area contributed by atoms with E-state index in [9.17, 15) is 13.2 Å². The third kappa shape index (κ3) is 3.73. The van der Waals surface area contributed by atoms with Crippen molar-refractivity contribution in [1.82, 2.24) is 0 Å². The van der Waals surface area contributed by atoms with Gasteiger partial charge in [-0.1, -0.05) is 12.1 Å². The largest absolute Gasteiger partial charge is 0.405 e. The third-order valence-corrected chi connectivity index (χ3v) is 2.28. The summed E-state index contributed by atoms with van der Waals surface area (Å²) in [6.45, 7) is 0.874. The first-order chi connectivity index (χ1) is 7.29. The third-order valence-electron chi connectivity index (χ3n) is 2.28. The second-order valence-corrected chi connectivity index (χ2v) is 3.85. The molecule has 0 saturated heterocycles. The number of alkyl halides is 3. The molecular formula is C11H15F3N2. The van der Waals surface area contributed by atoms with E-state index >= 15 is 0 Å². The lowest BCUT2D eigenvalue weighted by molar-refractivity contribution is -0.119. The van der Waals surface area contributed by atoms with Crippen LogP contribution in [0.25, 0.3) is 0 Å². The summed E-state index contributed by atoms with van der Waals surface area (Å²) in [6, 6.07) is 6.66. The second-order valence-electron chi connectivity index (χ2n) is 3.85. The maximum absolute atomic E-state index is 12.1. The van der Waals surface area contributed by atoms with Gasteiger partial charge in [0, 0.05) is 18.8 Å². The molecule has 1 aromatic carbocycles. The fraction of sp³-hybridized carbons (Fsp3) is 0.455. The van der Waals surface area contributed by atoms with E-state index in [-0.39, 0.29) is 6.04 Å². The number of anilines is 1. The van der Waals surface area contributed by atoms with E-state index in [2.05, 4.69) is 0 Å². The first kappa shape index (κ1) is 12.8. The lowest BCUT2D eigenvalue weighted by atomic mass is 10.1. The van der Waals surface area contributed by atoms with Crippen molar-refractivity contribution < 1.29 is 13.2 Å². The van der Waals surface area contributed by atoms with Crippen LogP contribution in [0.1, 0.15) is 18.5 Å². The Labute approximate surface area is 92.9 Å². The van der Waals surface area contributed by atoms with Crippen LogP contribution in [-0.2, 0) is 0 Å². The number of rotatable bonds is 3. The predicted octanol–water partition coefficient (Wildman–Crippen LogP) is 2.70. The minimum Gasteiger partial charge on any atom is -0.366 e. The van der Waals surface area contributed by atoms with Crippen LogP contribution in [0.5, 0.6) is 0 Å². The van der Waals surface area contributed by atoms with Crippen molar-refractivity contribution in [2.45, 2.75) is 19.1 Å². The van der Waals surface area contributed by atoms with Crippen molar-refractivity contribution in [1.29, 1.82) is 0 Å². The van der Waals surface area contributed by atoms with E-state index in [4.69, 9.17) is 5.73 Å². The number of benzene rings is 1. The summed E-state index contributed by atoms with van der Waals surface area (Å²) in [4.78, 5) is 1.16. The predicted molar refractivity (Wildman–Crippen MR) is 58.4 cm³/mol. The Morgan fingerprint density at radius 3 is 2.12 bits per heavy atom. The highest BCUT2D eigenvalue weighted by Gasteiger charge is 2.29. The smallest absolute Gasteiger partial charge is 0.366 e. The van der Waals surface area contributed by atoms with Crippen LogP contribution in [0.15, 0.2) is 24.3 Å². The minimum atomic E-state index is -4.19. The van der Waals surface area contributed by atoms with Gasteiger partial charge in [-0.25, -0.2) is 0 Å². The zero-order chi connectivity index (χ0) is 12.3. The highest BCUT2D eigenvalue weighted by atomic mass is 19.4. The van der Waals surface area contributed by atoms with Gasteiger partial charge >= 0.3 is 6.18 Å². The summed E-state index contributed by atoms with van der Waals surface area (Å²) in [7, 11) is 1.41. The number of nitrogens with zero attached hydrogens (tertiary/aromatic N) is 1. The zero-order valence-electron chi connectivity index (χ0n) is 9.25. The highest BCUT2D eigenvalue weighted by Crippen LogP contribution is 2.22. The van der Waals surface area contributed by atoms with Crippen molar-refractivity contribution in [3.63, 3.8) is 0 Å². The van der Waals surface area contributed by atoms with Crippen LogP contribution in [0.4, 0.5) is 18.9 Å². The first-order valence-electron chi connectivity index (χ1n) is 4.93. The monoisotopic (exact) mass is 232 g/mol. The molecule has 0 aliphatic rings.